The van der Waals surface area contributed by atoms with E-state index in [4.69, 9.17) is 16.0 Å². The van der Waals surface area contributed by atoms with Crippen molar-refractivity contribution in [3.8, 4) is 10.6 Å². The van der Waals surface area contributed by atoms with Crippen LogP contribution in [0.1, 0.15) is 0 Å². The van der Waals surface area contributed by atoms with Crippen molar-refractivity contribution in [3.63, 3.8) is 0 Å². The maximum Gasteiger partial charge on any atom is 0.346 e. The molecule has 12 heavy (non-hydrogen) atoms. The van der Waals surface area contributed by atoms with Crippen LogP contribution in [0.4, 0.5) is 0 Å². The highest BCUT2D eigenvalue weighted by molar-refractivity contribution is 7.68. The van der Waals surface area contributed by atoms with Crippen molar-refractivity contribution >= 4 is 32.5 Å². The van der Waals surface area contributed by atoms with Crippen LogP contribution in [0.15, 0.2) is 16.6 Å². The molecule has 1 heterocycles. The van der Waals surface area contributed by atoms with Crippen molar-refractivity contribution in [2.75, 3.05) is 7.11 Å². The van der Waals surface area contributed by atoms with Gasteiger partial charge in [-0.05, 0) is 0 Å². The summed E-state index contributed by atoms with van der Waals surface area (Å²) in [6, 6.07) is 3.71. The smallest absolute Gasteiger partial charge is 0.258 e. The highest BCUT2D eigenvalue weighted by atomic mass is 35.5. The maximum absolute atomic E-state index is 5.95. The van der Waals surface area contributed by atoms with Crippen LogP contribution in [0.25, 0.3) is 10.6 Å². The van der Waals surface area contributed by atoms with Crippen LogP contribution in [0.2, 0.25) is 5.02 Å². The minimum absolute atomic E-state index is 0.654. The van der Waals surface area contributed by atoms with Crippen molar-refractivity contribution < 1.29 is 0 Å². The SMILES string of the molecule is C[O+]=c1cc2ssnc-2c(Cl)c1. The first-order valence-electron chi connectivity index (χ1n) is 3.23. The van der Waals surface area contributed by atoms with Crippen LogP contribution < -0.4 is 5.43 Å². The number of fused-ring (bicyclic) bond motifs is 1. The summed E-state index contributed by atoms with van der Waals surface area (Å²) in [5, 5.41) is 0.654. The van der Waals surface area contributed by atoms with E-state index in [0.717, 1.165) is 16.0 Å². The van der Waals surface area contributed by atoms with Gasteiger partial charge in [0.05, 0.1) is 22.0 Å². The molecule has 5 heteroatoms. The average Bonchev–Trinajstić information content (AvgIpc) is 2.52. The highest BCUT2D eigenvalue weighted by Crippen LogP contribution is 2.32. The summed E-state index contributed by atoms with van der Waals surface area (Å²) in [6.07, 6.45) is 0. The minimum atomic E-state index is 0.654. The molecule has 2 rings (SSSR count). The second-order valence-corrected chi connectivity index (χ2v) is 4.50. The zero-order valence-electron chi connectivity index (χ0n) is 6.20. The van der Waals surface area contributed by atoms with Gasteiger partial charge in [-0.3, -0.25) is 4.42 Å². The van der Waals surface area contributed by atoms with E-state index in [-0.39, 0.29) is 0 Å². The normalized spacial score (nSPS) is 12.7. The number of benzene rings is 1. The number of rotatable bonds is 0. The van der Waals surface area contributed by atoms with Crippen LogP contribution in [-0.2, 0) is 0 Å². The zero-order chi connectivity index (χ0) is 8.55. The van der Waals surface area contributed by atoms with Gasteiger partial charge in [0.1, 0.15) is 5.69 Å². The van der Waals surface area contributed by atoms with Crippen LogP contribution in [0.3, 0.4) is 0 Å². The van der Waals surface area contributed by atoms with Crippen molar-refractivity contribution in [3.05, 3.63) is 27.0 Å². The van der Waals surface area contributed by atoms with Crippen LogP contribution in [0.5, 0.6) is 0 Å². The first kappa shape index (κ1) is 8.16. The summed E-state index contributed by atoms with van der Waals surface area (Å²) in [4.78, 5) is 1.07. The summed E-state index contributed by atoms with van der Waals surface area (Å²) in [6.45, 7) is 0. The third-order valence-electron chi connectivity index (χ3n) is 1.49. The molecule has 0 fully saturated rings. The fraction of sp³-hybridized carbons (Fsp3) is 0.143. The Bertz CT molecular complexity index is 434. The van der Waals surface area contributed by atoms with E-state index in [0.29, 0.717) is 5.02 Å². The van der Waals surface area contributed by atoms with Gasteiger partial charge in [0.15, 0.2) is 0 Å². The topological polar surface area (TPSA) is 24.2 Å². The minimum Gasteiger partial charge on any atom is -0.258 e. The lowest BCUT2D eigenvalue weighted by atomic mass is 10.2. The summed E-state index contributed by atoms with van der Waals surface area (Å²) in [5.41, 5.74) is 1.65. The van der Waals surface area contributed by atoms with E-state index in [9.17, 15) is 0 Å². The Kier molecular flexibility index (Phi) is 2.12. The molecule has 0 atom stereocenters. The quantitative estimate of drug-likeness (QED) is 0.493. The molecule has 2 aliphatic rings. The molecule has 0 spiro atoms. The first-order valence-corrected chi connectivity index (χ1v) is 5.72. The fourth-order valence-electron chi connectivity index (χ4n) is 0.916. The van der Waals surface area contributed by atoms with E-state index in [1.807, 2.05) is 6.07 Å². The molecule has 62 valence electrons. The fourth-order valence-corrected chi connectivity index (χ4v) is 3.08. The van der Waals surface area contributed by atoms with Gasteiger partial charge < -0.3 is 0 Å². The molecular weight excluding hydrogens is 214 g/mol. The third-order valence-corrected chi connectivity index (χ3v) is 3.59. The summed E-state index contributed by atoms with van der Waals surface area (Å²) in [5.74, 6) is 0. The number of halogens is 1. The van der Waals surface area contributed by atoms with E-state index < -0.39 is 0 Å². The average molecular weight is 219 g/mol. The Labute approximate surface area is 81.6 Å². The number of nitrogens with zero attached hydrogens (tertiary/aromatic N) is 1. The molecule has 0 N–H and O–H groups in total. The predicted molar refractivity (Wildman–Crippen MR) is 53.8 cm³/mol. The maximum atomic E-state index is 5.95. The first-order chi connectivity index (χ1) is 5.81. The van der Waals surface area contributed by atoms with Crippen molar-refractivity contribution in [1.82, 2.24) is 4.37 Å². The second kappa shape index (κ2) is 3.12. The van der Waals surface area contributed by atoms with E-state index in [2.05, 4.69) is 4.37 Å². The molecule has 0 aromatic carbocycles. The zero-order valence-corrected chi connectivity index (χ0v) is 8.59. The Balaban J connectivity index is 2.85. The third kappa shape index (κ3) is 1.26. The van der Waals surface area contributed by atoms with Gasteiger partial charge in [-0.15, -0.1) is 0 Å². The van der Waals surface area contributed by atoms with Gasteiger partial charge in [-0.2, -0.15) is 4.37 Å². The predicted octanol–water partition coefficient (Wildman–Crippen LogP) is 2.49. The molecule has 0 unspecified atom stereocenters. The van der Waals surface area contributed by atoms with Gasteiger partial charge in [-0.1, -0.05) is 21.9 Å². The second-order valence-electron chi connectivity index (χ2n) is 2.21. The molecule has 0 saturated carbocycles. The molecule has 1 aliphatic heterocycles. The molecule has 1 aliphatic carbocycles. The van der Waals surface area contributed by atoms with Crippen molar-refractivity contribution in [2.24, 2.45) is 0 Å². The van der Waals surface area contributed by atoms with Crippen molar-refractivity contribution in [2.45, 2.75) is 0 Å². The lowest BCUT2D eigenvalue weighted by Gasteiger charge is -1.91. The molecule has 0 saturated heterocycles. The lowest BCUT2D eigenvalue weighted by Crippen LogP contribution is -2.00. The largest absolute Gasteiger partial charge is 0.346 e. The molecule has 0 aromatic heterocycles. The van der Waals surface area contributed by atoms with E-state index >= 15 is 0 Å². The van der Waals surface area contributed by atoms with Crippen LogP contribution in [0, 0.1) is 0 Å². The Morgan fingerprint density at radius 2 is 2.33 bits per heavy atom. The number of aromatic nitrogens is 1. The lowest BCUT2D eigenvalue weighted by molar-refractivity contribution is 1.45. The molecule has 0 radical (unpaired) electrons. The molecule has 2 nitrogen and oxygen atoms in total. The van der Waals surface area contributed by atoms with E-state index in [1.165, 1.54) is 10.5 Å². The summed E-state index contributed by atoms with van der Waals surface area (Å²) >= 11 is 5.95. The summed E-state index contributed by atoms with van der Waals surface area (Å²) in [7, 11) is 4.66. The Hall–Kier alpha value is -0.450. The van der Waals surface area contributed by atoms with E-state index in [1.54, 1.807) is 23.5 Å². The monoisotopic (exact) mass is 218 g/mol. The molecular formula is C7H5ClNOS2+. The van der Waals surface area contributed by atoms with Crippen LogP contribution in [-0.4, -0.2) is 11.5 Å². The van der Waals surface area contributed by atoms with Gasteiger partial charge >= 0.3 is 5.43 Å². The van der Waals surface area contributed by atoms with Gasteiger partial charge in [0.2, 0.25) is 0 Å². The van der Waals surface area contributed by atoms with Gasteiger partial charge in [-0.25, -0.2) is 0 Å². The Morgan fingerprint density at radius 3 is 3.08 bits per heavy atom. The van der Waals surface area contributed by atoms with Gasteiger partial charge in [0.25, 0.3) is 7.11 Å². The molecule has 0 bridgehead atoms. The van der Waals surface area contributed by atoms with Gasteiger partial charge in [0, 0.05) is 10.5 Å². The Morgan fingerprint density at radius 1 is 1.50 bits per heavy atom. The molecule has 0 aromatic rings. The number of hydrogen-bond donors (Lipinski definition) is 0. The summed E-state index contributed by atoms with van der Waals surface area (Å²) < 4.78 is 9.24. The van der Waals surface area contributed by atoms with Crippen molar-refractivity contribution in [1.29, 1.82) is 0 Å². The standard InChI is InChI=1S/C7H5ClNOS2/c1-10-4-2-5(8)7-6(3-4)11-12-9-7/h2-3H,1H3/q+1. The highest BCUT2D eigenvalue weighted by Gasteiger charge is 2.13. The molecule has 0 amide bonds. The van der Waals surface area contributed by atoms with Crippen LogP contribution >= 0.6 is 32.5 Å². The number of hydrogen-bond acceptors (Lipinski definition) is 3.